The lowest BCUT2D eigenvalue weighted by Gasteiger charge is -2.21. The van der Waals surface area contributed by atoms with E-state index in [1.807, 2.05) is 4.57 Å². The van der Waals surface area contributed by atoms with Gasteiger partial charge in [0.1, 0.15) is 12.0 Å². The van der Waals surface area contributed by atoms with E-state index in [1.165, 1.54) is 5.06 Å². The molecule has 8 heteroatoms. The van der Waals surface area contributed by atoms with Gasteiger partial charge in [0.2, 0.25) is 6.17 Å². The van der Waals surface area contributed by atoms with Crippen LogP contribution in [0.1, 0.15) is 30.7 Å². The predicted molar refractivity (Wildman–Crippen MR) is 71.1 cm³/mol. The Hall–Kier alpha value is -2.35. The molecule has 0 saturated heterocycles. The second-order valence-electron chi connectivity index (χ2n) is 5.17. The minimum absolute atomic E-state index is 0.105. The minimum atomic E-state index is -0.453. The standard InChI is InChI=1S/C12H14N6O2/c1-6-2-7(3-8(6)19)17-4-14-9-10(17)15-5-18-11(9)16-12(13)20-18/h4-5,7-8,11,19H,1-3H2,(H2,13,16)/t7-,8+,11?/m1/s1. The van der Waals surface area contributed by atoms with Crippen LogP contribution in [0.5, 0.6) is 0 Å². The van der Waals surface area contributed by atoms with Crippen LogP contribution in [0.15, 0.2) is 28.5 Å². The summed E-state index contributed by atoms with van der Waals surface area (Å²) in [7, 11) is 0. The number of amidine groups is 1. The molecule has 1 unspecified atom stereocenters. The molecule has 0 radical (unpaired) electrons. The van der Waals surface area contributed by atoms with E-state index in [9.17, 15) is 5.11 Å². The number of fused-ring (bicyclic) bond motifs is 3. The van der Waals surface area contributed by atoms with Gasteiger partial charge in [-0.3, -0.25) is 0 Å². The topological polar surface area (TPSA) is 101 Å². The quantitative estimate of drug-likeness (QED) is 0.720. The molecule has 20 heavy (non-hydrogen) atoms. The number of aliphatic hydroxyl groups is 1. The van der Waals surface area contributed by atoms with Crippen molar-refractivity contribution in [1.29, 1.82) is 0 Å². The van der Waals surface area contributed by atoms with Crippen molar-refractivity contribution >= 4 is 18.2 Å². The molecule has 104 valence electrons. The second-order valence-corrected chi connectivity index (χ2v) is 5.17. The fraction of sp³-hybridized carbons (Fsp3) is 0.417. The number of hydrogen-bond acceptors (Lipinski definition) is 7. The van der Waals surface area contributed by atoms with E-state index in [0.29, 0.717) is 12.1 Å². The van der Waals surface area contributed by atoms with Gasteiger partial charge in [-0.25, -0.2) is 9.98 Å². The monoisotopic (exact) mass is 274 g/mol. The average molecular weight is 274 g/mol. The lowest BCUT2D eigenvalue weighted by Crippen LogP contribution is -2.26. The van der Waals surface area contributed by atoms with Crippen LogP contribution in [0.3, 0.4) is 0 Å². The SMILES string of the molecule is C=C1C[C@@H](n2cnc3c2N=CN2OC(N)=NC32)C[C@@H]1O. The minimum Gasteiger partial charge on any atom is -0.389 e. The molecule has 1 aliphatic carbocycles. The van der Waals surface area contributed by atoms with Crippen LogP contribution in [0, 0.1) is 0 Å². The molecular formula is C12H14N6O2. The van der Waals surface area contributed by atoms with E-state index in [-0.39, 0.29) is 18.2 Å². The Morgan fingerprint density at radius 1 is 1.50 bits per heavy atom. The van der Waals surface area contributed by atoms with Gasteiger partial charge in [-0.1, -0.05) is 6.58 Å². The van der Waals surface area contributed by atoms with E-state index in [0.717, 1.165) is 17.8 Å². The maximum absolute atomic E-state index is 9.82. The number of nitrogens with two attached hydrogens (primary N) is 1. The van der Waals surface area contributed by atoms with Crippen LogP contribution in [0.2, 0.25) is 0 Å². The summed E-state index contributed by atoms with van der Waals surface area (Å²) in [5.41, 5.74) is 7.12. The molecule has 1 aromatic rings. The van der Waals surface area contributed by atoms with Crippen molar-refractivity contribution in [2.45, 2.75) is 31.2 Å². The molecule has 8 nitrogen and oxygen atoms in total. The van der Waals surface area contributed by atoms with Gasteiger partial charge in [-0.15, -0.1) is 0 Å². The van der Waals surface area contributed by atoms with Gasteiger partial charge >= 0.3 is 6.02 Å². The Kier molecular flexibility index (Phi) is 2.19. The van der Waals surface area contributed by atoms with Gasteiger partial charge in [0.15, 0.2) is 5.82 Å². The first-order valence-electron chi connectivity index (χ1n) is 6.39. The Morgan fingerprint density at radius 3 is 3.10 bits per heavy atom. The Bertz CT molecular complexity index is 648. The Morgan fingerprint density at radius 2 is 2.35 bits per heavy atom. The molecule has 3 heterocycles. The van der Waals surface area contributed by atoms with Crippen LogP contribution in [0.25, 0.3) is 0 Å². The summed E-state index contributed by atoms with van der Waals surface area (Å²) in [6.45, 7) is 3.88. The molecule has 0 amide bonds. The summed E-state index contributed by atoms with van der Waals surface area (Å²) in [5, 5.41) is 11.3. The number of aromatic nitrogens is 2. The first kappa shape index (κ1) is 11.5. The lowest BCUT2D eigenvalue weighted by atomic mass is 10.2. The van der Waals surface area contributed by atoms with Gasteiger partial charge in [0.25, 0.3) is 0 Å². The van der Waals surface area contributed by atoms with Gasteiger partial charge in [0.05, 0.1) is 12.4 Å². The molecule has 0 bridgehead atoms. The van der Waals surface area contributed by atoms with Crippen molar-refractivity contribution in [3.05, 3.63) is 24.2 Å². The second kappa shape index (κ2) is 3.83. The Balaban J connectivity index is 1.72. The van der Waals surface area contributed by atoms with Crippen LogP contribution < -0.4 is 5.73 Å². The summed E-state index contributed by atoms with van der Waals surface area (Å²) in [6.07, 6.45) is 3.81. The Labute approximate surface area is 114 Å². The largest absolute Gasteiger partial charge is 0.389 e. The molecule has 1 aromatic heterocycles. The van der Waals surface area contributed by atoms with E-state index >= 15 is 0 Å². The fourth-order valence-corrected chi connectivity index (χ4v) is 2.85. The van der Waals surface area contributed by atoms with Gasteiger partial charge < -0.3 is 20.2 Å². The molecule has 0 spiro atoms. The maximum Gasteiger partial charge on any atom is 0.312 e. The number of rotatable bonds is 1. The van der Waals surface area contributed by atoms with Crippen molar-refractivity contribution in [1.82, 2.24) is 14.6 Å². The summed E-state index contributed by atoms with van der Waals surface area (Å²) in [4.78, 5) is 18.1. The van der Waals surface area contributed by atoms with Crippen molar-refractivity contribution in [3.8, 4) is 0 Å². The zero-order valence-electron chi connectivity index (χ0n) is 10.7. The van der Waals surface area contributed by atoms with E-state index < -0.39 is 6.10 Å². The van der Waals surface area contributed by atoms with Gasteiger partial charge in [-0.05, 0) is 18.4 Å². The zero-order chi connectivity index (χ0) is 13.9. The molecule has 1 fully saturated rings. The predicted octanol–water partition coefficient (Wildman–Crippen LogP) is 0.369. The molecular weight excluding hydrogens is 260 g/mol. The highest BCUT2D eigenvalue weighted by Crippen LogP contribution is 2.41. The molecule has 3 atom stereocenters. The molecule has 3 aliphatic rings. The van der Waals surface area contributed by atoms with Crippen molar-refractivity contribution in [3.63, 3.8) is 0 Å². The first-order valence-corrected chi connectivity index (χ1v) is 6.39. The number of imidazole rings is 1. The summed E-state index contributed by atoms with van der Waals surface area (Å²) in [5.74, 6) is 0.736. The molecule has 1 saturated carbocycles. The van der Waals surface area contributed by atoms with Crippen LogP contribution in [0.4, 0.5) is 5.82 Å². The summed E-state index contributed by atoms with van der Waals surface area (Å²) in [6, 6.07) is 0.231. The molecule has 3 N–H and O–H groups in total. The number of nitrogens with zero attached hydrogens (tertiary/aromatic N) is 5. The summed E-state index contributed by atoms with van der Waals surface area (Å²) >= 11 is 0. The van der Waals surface area contributed by atoms with Gasteiger partial charge in [0, 0.05) is 6.04 Å². The number of aliphatic imine (C=N–C) groups is 2. The highest BCUT2D eigenvalue weighted by atomic mass is 16.7. The van der Waals surface area contributed by atoms with E-state index in [2.05, 4.69) is 21.5 Å². The normalized spacial score (nSPS) is 31.1. The summed E-state index contributed by atoms with van der Waals surface area (Å²) < 4.78 is 1.97. The van der Waals surface area contributed by atoms with Crippen LogP contribution in [-0.2, 0) is 4.84 Å². The van der Waals surface area contributed by atoms with Crippen molar-refractivity contribution < 1.29 is 9.94 Å². The smallest absolute Gasteiger partial charge is 0.312 e. The molecule has 4 rings (SSSR count). The molecule has 2 aliphatic heterocycles. The van der Waals surface area contributed by atoms with Crippen LogP contribution in [-0.4, -0.2) is 38.2 Å². The van der Waals surface area contributed by atoms with Gasteiger partial charge in [-0.2, -0.15) is 10.1 Å². The number of aliphatic hydroxyl groups excluding tert-OH is 1. The fourth-order valence-electron chi connectivity index (χ4n) is 2.85. The number of hydrogen-bond donors (Lipinski definition) is 2. The number of hydroxylamine groups is 2. The van der Waals surface area contributed by atoms with Crippen molar-refractivity contribution in [2.75, 3.05) is 0 Å². The zero-order valence-corrected chi connectivity index (χ0v) is 10.7. The highest BCUT2D eigenvalue weighted by molar-refractivity contribution is 5.77. The van der Waals surface area contributed by atoms with E-state index in [4.69, 9.17) is 10.6 Å². The average Bonchev–Trinajstić information content (AvgIpc) is 3.06. The first-order chi connectivity index (χ1) is 9.63. The third-order valence-electron chi connectivity index (χ3n) is 3.88. The third-order valence-corrected chi connectivity index (χ3v) is 3.88. The molecule has 0 aromatic carbocycles. The lowest BCUT2D eigenvalue weighted by molar-refractivity contribution is -0.00436. The third kappa shape index (κ3) is 1.48. The van der Waals surface area contributed by atoms with Crippen LogP contribution >= 0.6 is 0 Å². The van der Waals surface area contributed by atoms with Crippen molar-refractivity contribution in [2.24, 2.45) is 15.7 Å². The highest BCUT2D eigenvalue weighted by Gasteiger charge is 2.37. The maximum atomic E-state index is 9.82. The van der Waals surface area contributed by atoms with E-state index in [1.54, 1.807) is 12.7 Å².